The molecule has 3 unspecified atom stereocenters. The molecule has 0 heterocycles. The summed E-state index contributed by atoms with van der Waals surface area (Å²) < 4.78 is 0. The van der Waals surface area contributed by atoms with E-state index >= 15 is 0 Å². The molecule has 10 heavy (non-hydrogen) atoms. The van der Waals surface area contributed by atoms with Gasteiger partial charge in [-0.1, -0.05) is 25.0 Å². The van der Waals surface area contributed by atoms with Crippen LogP contribution in [0, 0.1) is 11.8 Å². The van der Waals surface area contributed by atoms with Gasteiger partial charge in [-0.2, -0.15) is 0 Å². The highest BCUT2D eigenvalue weighted by molar-refractivity contribution is 5.32. The third-order valence-electron chi connectivity index (χ3n) is 2.87. The number of allylic oxidation sites excluding steroid dienone is 1. The normalized spacial score (nSPS) is 35.7. The minimum Gasteiger partial charge on any atom is -0.324 e. The molecule has 1 aliphatic carbocycles. The minimum absolute atomic E-state index is 0.270. The van der Waals surface area contributed by atoms with Gasteiger partial charge in [-0.3, -0.25) is 0 Å². The molecule has 0 aromatic carbocycles. The summed E-state index contributed by atoms with van der Waals surface area (Å²) in [6, 6.07) is 0.270. The van der Waals surface area contributed by atoms with Crippen molar-refractivity contribution < 1.29 is 0 Å². The molecule has 1 rings (SSSR count). The zero-order valence-corrected chi connectivity index (χ0v) is 7.31. The Balaban J connectivity index is 2.78. The summed E-state index contributed by atoms with van der Waals surface area (Å²) in [6.07, 6.45) is 0. The summed E-state index contributed by atoms with van der Waals surface area (Å²) >= 11 is 0. The molecule has 0 bridgehead atoms. The van der Waals surface area contributed by atoms with E-state index in [0.717, 1.165) is 11.8 Å². The summed E-state index contributed by atoms with van der Waals surface area (Å²) in [7, 11) is 0. The molecular weight excluding hydrogens is 122 g/mol. The van der Waals surface area contributed by atoms with Gasteiger partial charge >= 0.3 is 0 Å². The van der Waals surface area contributed by atoms with Crippen molar-refractivity contribution in [3.05, 3.63) is 11.1 Å². The lowest BCUT2D eigenvalue weighted by atomic mass is 9.68. The summed E-state index contributed by atoms with van der Waals surface area (Å²) in [6.45, 7) is 8.80. The maximum absolute atomic E-state index is 5.78. The van der Waals surface area contributed by atoms with E-state index in [0.29, 0.717) is 0 Å². The van der Waals surface area contributed by atoms with Gasteiger partial charge in [0.15, 0.2) is 0 Å². The number of rotatable bonds is 1. The highest BCUT2D eigenvalue weighted by Gasteiger charge is 2.32. The van der Waals surface area contributed by atoms with Crippen molar-refractivity contribution >= 4 is 0 Å². The van der Waals surface area contributed by atoms with Gasteiger partial charge in [0.2, 0.25) is 0 Å². The fourth-order valence-electron chi connectivity index (χ4n) is 1.94. The Kier molecular flexibility index (Phi) is 1.86. The first-order chi connectivity index (χ1) is 4.55. The lowest BCUT2D eigenvalue weighted by Gasteiger charge is -2.38. The van der Waals surface area contributed by atoms with E-state index in [2.05, 4.69) is 27.7 Å². The van der Waals surface area contributed by atoms with Crippen LogP contribution in [-0.4, -0.2) is 6.04 Å². The van der Waals surface area contributed by atoms with Gasteiger partial charge < -0.3 is 5.73 Å². The van der Waals surface area contributed by atoms with Crippen LogP contribution in [-0.2, 0) is 0 Å². The van der Waals surface area contributed by atoms with Crippen molar-refractivity contribution in [3.8, 4) is 0 Å². The Labute approximate surface area is 63.3 Å². The predicted molar refractivity (Wildman–Crippen MR) is 44.7 cm³/mol. The molecule has 58 valence electrons. The fraction of sp³-hybridized carbons (Fsp3) is 0.778. The van der Waals surface area contributed by atoms with Crippen LogP contribution in [0.15, 0.2) is 11.1 Å². The molecular formula is C9H17N. The van der Waals surface area contributed by atoms with E-state index in [9.17, 15) is 0 Å². The smallest absolute Gasteiger partial charge is 0.0230 e. The summed E-state index contributed by atoms with van der Waals surface area (Å²) in [5.41, 5.74) is 8.78. The van der Waals surface area contributed by atoms with Gasteiger partial charge in [0, 0.05) is 6.04 Å². The van der Waals surface area contributed by atoms with E-state index in [1.807, 2.05) is 0 Å². The molecule has 0 saturated heterocycles. The van der Waals surface area contributed by atoms with E-state index in [1.165, 1.54) is 11.1 Å². The van der Waals surface area contributed by atoms with Gasteiger partial charge in [-0.15, -0.1) is 0 Å². The molecule has 1 heteroatoms. The third-order valence-corrected chi connectivity index (χ3v) is 2.87. The van der Waals surface area contributed by atoms with Gasteiger partial charge in [0.1, 0.15) is 0 Å². The molecule has 0 saturated carbocycles. The predicted octanol–water partition coefficient (Wildman–Crippen LogP) is 1.94. The summed E-state index contributed by atoms with van der Waals surface area (Å²) in [5.74, 6) is 1.49. The second-order valence-corrected chi connectivity index (χ2v) is 3.50. The molecule has 0 aromatic rings. The molecule has 0 spiro atoms. The fourth-order valence-corrected chi connectivity index (χ4v) is 1.94. The summed E-state index contributed by atoms with van der Waals surface area (Å²) in [4.78, 5) is 0. The molecule has 3 atom stereocenters. The average Bonchev–Trinajstić information content (AvgIpc) is 1.87. The van der Waals surface area contributed by atoms with Gasteiger partial charge in [0.05, 0.1) is 0 Å². The van der Waals surface area contributed by atoms with Crippen LogP contribution in [0.25, 0.3) is 0 Å². The van der Waals surface area contributed by atoms with Gasteiger partial charge in [-0.05, 0) is 25.7 Å². The van der Waals surface area contributed by atoms with Crippen LogP contribution in [0.2, 0.25) is 0 Å². The van der Waals surface area contributed by atoms with E-state index < -0.39 is 0 Å². The maximum Gasteiger partial charge on any atom is 0.0230 e. The second-order valence-electron chi connectivity index (χ2n) is 3.50. The van der Waals surface area contributed by atoms with Crippen molar-refractivity contribution in [2.75, 3.05) is 0 Å². The zero-order valence-electron chi connectivity index (χ0n) is 7.31. The van der Waals surface area contributed by atoms with Crippen molar-refractivity contribution in [3.63, 3.8) is 0 Å². The van der Waals surface area contributed by atoms with Crippen LogP contribution in [0.1, 0.15) is 27.7 Å². The van der Waals surface area contributed by atoms with Crippen LogP contribution >= 0.6 is 0 Å². The van der Waals surface area contributed by atoms with Crippen molar-refractivity contribution in [2.24, 2.45) is 17.6 Å². The van der Waals surface area contributed by atoms with E-state index in [1.54, 1.807) is 0 Å². The first-order valence-electron chi connectivity index (χ1n) is 4.01. The number of hydrogen-bond acceptors (Lipinski definition) is 1. The maximum atomic E-state index is 5.78. The lowest BCUT2D eigenvalue weighted by molar-refractivity contribution is 0.399. The van der Waals surface area contributed by atoms with Crippen LogP contribution in [0.3, 0.4) is 0 Å². The lowest BCUT2D eigenvalue weighted by Crippen LogP contribution is -2.35. The van der Waals surface area contributed by atoms with Crippen molar-refractivity contribution in [2.45, 2.75) is 33.7 Å². The van der Waals surface area contributed by atoms with Crippen molar-refractivity contribution in [1.29, 1.82) is 0 Å². The Bertz CT molecular complexity index is 168. The Morgan fingerprint density at radius 2 is 1.80 bits per heavy atom. The molecule has 0 fully saturated rings. The molecule has 0 aromatic heterocycles. The van der Waals surface area contributed by atoms with Gasteiger partial charge in [0.25, 0.3) is 0 Å². The van der Waals surface area contributed by atoms with Crippen molar-refractivity contribution in [1.82, 2.24) is 0 Å². The molecule has 0 radical (unpaired) electrons. The number of nitrogens with two attached hydrogens (primary N) is 1. The number of hydrogen-bond donors (Lipinski definition) is 1. The first-order valence-corrected chi connectivity index (χ1v) is 4.01. The molecule has 0 amide bonds. The molecule has 0 aliphatic heterocycles. The highest BCUT2D eigenvalue weighted by atomic mass is 14.6. The Morgan fingerprint density at radius 1 is 1.30 bits per heavy atom. The monoisotopic (exact) mass is 139 g/mol. The van der Waals surface area contributed by atoms with E-state index in [-0.39, 0.29) is 6.04 Å². The SMILES string of the molecule is CC1=C(C(C)N)C(C)C1C. The van der Waals surface area contributed by atoms with Crippen LogP contribution in [0.4, 0.5) is 0 Å². The first kappa shape index (κ1) is 7.80. The highest BCUT2D eigenvalue weighted by Crippen LogP contribution is 2.40. The average molecular weight is 139 g/mol. The molecule has 2 N–H and O–H groups in total. The minimum atomic E-state index is 0.270. The third kappa shape index (κ3) is 0.891. The Morgan fingerprint density at radius 3 is 2.00 bits per heavy atom. The zero-order chi connectivity index (χ0) is 7.89. The summed E-state index contributed by atoms with van der Waals surface area (Å²) in [5, 5.41) is 0. The molecule has 1 aliphatic rings. The standard InChI is InChI=1S/C9H17N/c1-5-6(2)9(7(5)3)8(4)10/h5-6,8H,10H2,1-4H3. The quantitative estimate of drug-likeness (QED) is 0.552. The Hall–Kier alpha value is -0.300. The van der Waals surface area contributed by atoms with Crippen LogP contribution in [0.5, 0.6) is 0 Å². The van der Waals surface area contributed by atoms with Crippen LogP contribution < -0.4 is 5.73 Å². The largest absolute Gasteiger partial charge is 0.324 e. The van der Waals surface area contributed by atoms with Gasteiger partial charge in [-0.25, -0.2) is 0 Å². The van der Waals surface area contributed by atoms with E-state index in [4.69, 9.17) is 5.73 Å². The second kappa shape index (κ2) is 2.39. The molecule has 1 nitrogen and oxygen atoms in total. The topological polar surface area (TPSA) is 26.0 Å².